The molecule has 2 aliphatic carbocycles. The summed E-state index contributed by atoms with van der Waals surface area (Å²) in [5, 5.41) is 0. The van der Waals surface area contributed by atoms with Crippen LogP contribution in [0.4, 0.5) is 0 Å². The summed E-state index contributed by atoms with van der Waals surface area (Å²) in [7, 11) is 0. The van der Waals surface area contributed by atoms with Gasteiger partial charge in [0.05, 0.1) is 0 Å². The third-order valence-corrected chi connectivity index (χ3v) is 5.96. The SMILES string of the molecule is NC(c1cc2c(cc1Br)OCCO2)C1CC2CCC1C2. The zero-order chi connectivity index (χ0) is 13.7. The second-order valence-electron chi connectivity index (χ2n) is 6.38. The molecule has 2 saturated carbocycles. The fourth-order valence-corrected chi connectivity index (χ4v) is 4.89. The van der Waals surface area contributed by atoms with Crippen molar-refractivity contribution >= 4 is 15.9 Å². The Balaban J connectivity index is 1.64. The van der Waals surface area contributed by atoms with Crippen molar-refractivity contribution in [2.45, 2.75) is 31.7 Å². The minimum atomic E-state index is 0.107. The predicted octanol–water partition coefficient (Wildman–Crippen LogP) is 3.66. The maximum absolute atomic E-state index is 6.59. The largest absolute Gasteiger partial charge is 0.486 e. The molecule has 0 radical (unpaired) electrons. The van der Waals surface area contributed by atoms with Gasteiger partial charge < -0.3 is 15.2 Å². The van der Waals surface area contributed by atoms with Gasteiger partial charge in [-0.2, -0.15) is 0 Å². The van der Waals surface area contributed by atoms with Crippen LogP contribution in [-0.4, -0.2) is 13.2 Å². The highest BCUT2D eigenvalue weighted by atomic mass is 79.9. The Labute approximate surface area is 127 Å². The van der Waals surface area contributed by atoms with Gasteiger partial charge in [-0.1, -0.05) is 22.4 Å². The standard InChI is InChI=1S/C16H20BrNO2/c17-13-8-15-14(19-3-4-20-15)7-12(13)16(18)11-6-9-1-2-10(11)5-9/h7-11,16H,1-6,18H2. The van der Waals surface area contributed by atoms with Gasteiger partial charge in [-0.25, -0.2) is 0 Å². The van der Waals surface area contributed by atoms with Crippen LogP contribution in [0.3, 0.4) is 0 Å². The average Bonchev–Trinajstić information content (AvgIpc) is 3.08. The fourth-order valence-electron chi connectivity index (χ4n) is 4.30. The molecule has 2 bridgehead atoms. The highest BCUT2D eigenvalue weighted by Crippen LogP contribution is 2.53. The second-order valence-corrected chi connectivity index (χ2v) is 7.24. The molecule has 1 aromatic rings. The summed E-state index contributed by atoms with van der Waals surface area (Å²) >= 11 is 3.66. The molecular weight excluding hydrogens is 318 g/mol. The predicted molar refractivity (Wildman–Crippen MR) is 81.0 cm³/mol. The maximum Gasteiger partial charge on any atom is 0.162 e. The molecule has 0 saturated heterocycles. The molecule has 3 aliphatic rings. The molecule has 2 fully saturated rings. The first-order valence-electron chi connectivity index (χ1n) is 7.57. The lowest BCUT2D eigenvalue weighted by Crippen LogP contribution is -2.26. The minimum absolute atomic E-state index is 0.107. The smallest absolute Gasteiger partial charge is 0.162 e. The van der Waals surface area contributed by atoms with E-state index in [-0.39, 0.29) is 6.04 Å². The van der Waals surface area contributed by atoms with Crippen LogP contribution in [0.5, 0.6) is 11.5 Å². The van der Waals surface area contributed by atoms with Crippen LogP contribution in [0.25, 0.3) is 0 Å². The van der Waals surface area contributed by atoms with E-state index in [1.54, 1.807) is 0 Å². The highest BCUT2D eigenvalue weighted by Gasteiger charge is 2.42. The van der Waals surface area contributed by atoms with Gasteiger partial charge in [0.25, 0.3) is 0 Å². The highest BCUT2D eigenvalue weighted by molar-refractivity contribution is 9.10. The molecule has 20 heavy (non-hydrogen) atoms. The van der Waals surface area contributed by atoms with Gasteiger partial charge >= 0.3 is 0 Å². The van der Waals surface area contributed by atoms with Crippen LogP contribution >= 0.6 is 15.9 Å². The van der Waals surface area contributed by atoms with E-state index in [1.807, 2.05) is 6.07 Å². The molecule has 2 N–H and O–H groups in total. The van der Waals surface area contributed by atoms with E-state index in [2.05, 4.69) is 22.0 Å². The summed E-state index contributed by atoms with van der Waals surface area (Å²) in [6, 6.07) is 4.20. The van der Waals surface area contributed by atoms with Crippen molar-refractivity contribution in [3.05, 3.63) is 22.2 Å². The molecule has 0 amide bonds. The van der Waals surface area contributed by atoms with E-state index in [9.17, 15) is 0 Å². The van der Waals surface area contributed by atoms with Gasteiger partial charge in [0.2, 0.25) is 0 Å². The molecule has 0 aromatic heterocycles. The van der Waals surface area contributed by atoms with E-state index in [0.29, 0.717) is 19.1 Å². The Morgan fingerprint density at radius 2 is 1.85 bits per heavy atom. The first-order valence-corrected chi connectivity index (χ1v) is 8.36. The molecule has 0 spiro atoms. The van der Waals surface area contributed by atoms with E-state index in [1.165, 1.54) is 31.2 Å². The molecule has 1 heterocycles. The first kappa shape index (κ1) is 13.0. The second kappa shape index (κ2) is 4.92. The Kier molecular flexibility index (Phi) is 3.19. The van der Waals surface area contributed by atoms with Gasteiger partial charge in [-0.3, -0.25) is 0 Å². The fraction of sp³-hybridized carbons (Fsp3) is 0.625. The van der Waals surface area contributed by atoms with Crippen molar-refractivity contribution in [2.75, 3.05) is 13.2 Å². The van der Waals surface area contributed by atoms with Crippen LogP contribution in [0.15, 0.2) is 16.6 Å². The van der Waals surface area contributed by atoms with Crippen LogP contribution in [0.2, 0.25) is 0 Å². The Morgan fingerprint density at radius 3 is 2.50 bits per heavy atom. The lowest BCUT2D eigenvalue weighted by atomic mass is 9.81. The van der Waals surface area contributed by atoms with Gasteiger partial charge in [-0.05, 0) is 54.7 Å². The first-order chi connectivity index (χ1) is 9.72. The molecule has 1 aliphatic heterocycles. The summed E-state index contributed by atoms with van der Waals surface area (Å²) in [6.07, 6.45) is 5.47. The number of nitrogens with two attached hydrogens (primary N) is 1. The van der Waals surface area contributed by atoms with Gasteiger partial charge in [0.1, 0.15) is 13.2 Å². The summed E-state index contributed by atoms with van der Waals surface area (Å²) in [5.41, 5.74) is 7.77. The van der Waals surface area contributed by atoms with Crippen molar-refractivity contribution in [3.63, 3.8) is 0 Å². The number of benzene rings is 1. The molecule has 108 valence electrons. The quantitative estimate of drug-likeness (QED) is 0.895. The van der Waals surface area contributed by atoms with Crippen molar-refractivity contribution < 1.29 is 9.47 Å². The van der Waals surface area contributed by atoms with E-state index in [0.717, 1.165) is 27.8 Å². The molecule has 4 rings (SSSR count). The topological polar surface area (TPSA) is 44.5 Å². The number of hydrogen-bond donors (Lipinski definition) is 1. The van der Waals surface area contributed by atoms with Crippen LogP contribution in [0, 0.1) is 17.8 Å². The van der Waals surface area contributed by atoms with E-state index < -0.39 is 0 Å². The zero-order valence-electron chi connectivity index (χ0n) is 11.5. The average molecular weight is 338 g/mol. The third-order valence-electron chi connectivity index (χ3n) is 5.27. The van der Waals surface area contributed by atoms with Crippen molar-refractivity contribution in [1.82, 2.24) is 0 Å². The minimum Gasteiger partial charge on any atom is -0.486 e. The summed E-state index contributed by atoms with van der Waals surface area (Å²) < 4.78 is 12.4. The lowest BCUT2D eigenvalue weighted by Gasteiger charge is -2.29. The van der Waals surface area contributed by atoms with Crippen molar-refractivity contribution in [2.24, 2.45) is 23.5 Å². The zero-order valence-corrected chi connectivity index (χ0v) is 13.1. The monoisotopic (exact) mass is 337 g/mol. The van der Waals surface area contributed by atoms with Crippen LogP contribution in [0.1, 0.15) is 37.3 Å². The number of hydrogen-bond acceptors (Lipinski definition) is 3. The van der Waals surface area contributed by atoms with Crippen molar-refractivity contribution in [1.29, 1.82) is 0 Å². The summed E-state index contributed by atoms with van der Waals surface area (Å²) in [4.78, 5) is 0. The normalized spacial score (nSPS) is 32.4. The number of rotatable bonds is 2. The van der Waals surface area contributed by atoms with Crippen LogP contribution in [-0.2, 0) is 0 Å². The third kappa shape index (κ3) is 2.04. The molecule has 3 nitrogen and oxygen atoms in total. The summed E-state index contributed by atoms with van der Waals surface area (Å²) in [5.74, 6) is 4.05. The molecule has 4 heteroatoms. The van der Waals surface area contributed by atoms with Crippen molar-refractivity contribution in [3.8, 4) is 11.5 Å². The Hall–Kier alpha value is -0.740. The number of halogens is 1. The van der Waals surface area contributed by atoms with Gasteiger partial charge in [0.15, 0.2) is 11.5 Å². The van der Waals surface area contributed by atoms with Crippen LogP contribution < -0.4 is 15.2 Å². The molecule has 1 aromatic carbocycles. The van der Waals surface area contributed by atoms with Gasteiger partial charge in [-0.15, -0.1) is 0 Å². The number of fused-ring (bicyclic) bond motifs is 3. The molecule has 4 atom stereocenters. The summed E-state index contributed by atoms with van der Waals surface area (Å²) in [6.45, 7) is 1.24. The Morgan fingerprint density at radius 1 is 1.10 bits per heavy atom. The maximum atomic E-state index is 6.59. The number of ether oxygens (including phenoxy) is 2. The molecular formula is C16H20BrNO2. The van der Waals surface area contributed by atoms with E-state index in [4.69, 9.17) is 15.2 Å². The van der Waals surface area contributed by atoms with Gasteiger partial charge in [0, 0.05) is 10.5 Å². The van der Waals surface area contributed by atoms with E-state index >= 15 is 0 Å². The lowest BCUT2D eigenvalue weighted by molar-refractivity contribution is 0.171. The Bertz CT molecular complexity index is 533. The molecule has 4 unspecified atom stereocenters.